The molecular formula is C18H15F2N3O2S2. The first-order valence-electron chi connectivity index (χ1n) is 7.99. The van der Waals surface area contributed by atoms with Crippen molar-refractivity contribution in [3.63, 3.8) is 0 Å². The molecule has 3 rings (SSSR count). The minimum absolute atomic E-state index is 0.111. The van der Waals surface area contributed by atoms with Crippen LogP contribution >= 0.6 is 22.7 Å². The molecule has 0 saturated carbocycles. The summed E-state index contributed by atoms with van der Waals surface area (Å²) in [5.41, 5.74) is 1.06. The topological polar surface area (TPSA) is 71.1 Å². The first-order valence-corrected chi connectivity index (χ1v) is 9.75. The first kappa shape index (κ1) is 19.1. The van der Waals surface area contributed by atoms with Crippen LogP contribution in [0.1, 0.15) is 27.2 Å². The van der Waals surface area contributed by atoms with Gasteiger partial charge in [0.2, 0.25) is 5.91 Å². The third kappa shape index (κ3) is 5.66. The average molecular weight is 407 g/mol. The SMILES string of the molecule is O=C(CCNC(=O)c1ccsc1)Nc1ncc(Cc2cc(F)cc(F)c2)s1. The van der Waals surface area contributed by atoms with Gasteiger partial charge in [-0.1, -0.05) is 0 Å². The molecule has 0 aliphatic rings. The highest BCUT2D eigenvalue weighted by molar-refractivity contribution is 7.15. The highest BCUT2D eigenvalue weighted by Crippen LogP contribution is 2.22. The van der Waals surface area contributed by atoms with E-state index in [4.69, 9.17) is 0 Å². The number of benzene rings is 1. The monoisotopic (exact) mass is 407 g/mol. The van der Waals surface area contributed by atoms with Gasteiger partial charge in [0.1, 0.15) is 11.6 Å². The van der Waals surface area contributed by atoms with Gasteiger partial charge in [0.15, 0.2) is 5.13 Å². The molecule has 0 unspecified atom stereocenters. The number of thiophene rings is 1. The van der Waals surface area contributed by atoms with Gasteiger partial charge >= 0.3 is 0 Å². The van der Waals surface area contributed by atoms with Crippen molar-refractivity contribution in [1.29, 1.82) is 0 Å². The van der Waals surface area contributed by atoms with Crippen LogP contribution in [0.3, 0.4) is 0 Å². The molecule has 0 aliphatic carbocycles. The van der Waals surface area contributed by atoms with Crippen LogP contribution in [0, 0.1) is 11.6 Å². The Bertz CT molecular complexity index is 922. The summed E-state index contributed by atoms with van der Waals surface area (Å²) in [4.78, 5) is 28.6. The Hall–Kier alpha value is -2.65. The summed E-state index contributed by atoms with van der Waals surface area (Å²) in [6.45, 7) is 0.210. The fourth-order valence-corrected chi connectivity index (χ4v) is 3.83. The summed E-state index contributed by atoms with van der Waals surface area (Å²) in [5.74, 6) is -1.76. The van der Waals surface area contributed by atoms with E-state index in [1.807, 2.05) is 0 Å². The van der Waals surface area contributed by atoms with Gasteiger partial charge in [-0.05, 0) is 29.1 Å². The van der Waals surface area contributed by atoms with Crippen LogP contribution in [-0.4, -0.2) is 23.3 Å². The lowest BCUT2D eigenvalue weighted by Gasteiger charge is -2.04. The second-order valence-corrected chi connectivity index (χ2v) is 7.55. The maximum absolute atomic E-state index is 13.2. The number of hydrogen-bond acceptors (Lipinski definition) is 5. The minimum Gasteiger partial charge on any atom is -0.351 e. The molecule has 2 aromatic heterocycles. The van der Waals surface area contributed by atoms with Crippen molar-refractivity contribution >= 4 is 39.6 Å². The Morgan fingerprint density at radius 2 is 1.93 bits per heavy atom. The molecule has 0 saturated heterocycles. The zero-order valence-corrected chi connectivity index (χ0v) is 15.6. The quantitative estimate of drug-likeness (QED) is 0.625. The third-order valence-electron chi connectivity index (χ3n) is 3.52. The van der Waals surface area contributed by atoms with Crippen LogP contribution in [-0.2, 0) is 11.2 Å². The molecule has 0 spiro atoms. The molecular weight excluding hydrogens is 392 g/mol. The van der Waals surface area contributed by atoms with Crippen molar-refractivity contribution in [1.82, 2.24) is 10.3 Å². The van der Waals surface area contributed by atoms with Crippen molar-refractivity contribution in [2.75, 3.05) is 11.9 Å². The van der Waals surface area contributed by atoms with Crippen molar-refractivity contribution in [3.05, 3.63) is 68.9 Å². The lowest BCUT2D eigenvalue weighted by Crippen LogP contribution is -2.27. The van der Waals surface area contributed by atoms with E-state index in [1.165, 1.54) is 34.8 Å². The number of halogens is 2. The lowest BCUT2D eigenvalue weighted by molar-refractivity contribution is -0.116. The summed E-state index contributed by atoms with van der Waals surface area (Å²) in [5, 5.41) is 9.26. The summed E-state index contributed by atoms with van der Waals surface area (Å²) >= 11 is 2.66. The van der Waals surface area contributed by atoms with E-state index < -0.39 is 11.6 Å². The molecule has 27 heavy (non-hydrogen) atoms. The highest BCUT2D eigenvalue weighted by atomic mass is 32.1. The van der Waals surface area contributed by atoms with Gasteiger partial charge < -0.3 is 10.6 Å². The van der Waals surface area contributed by atoms with Gasteiger partial charge in [-0.3, -0.25) is 9.59 Å². The van der Waals surface area contributed by atoms with Gasteiger partial charge in [-0.2, -0.15) is 11.3 Å². The summed E-state index contributed by atoms with van der Waals surface area (Å²) in [7, 11) is 0. The second-order valence-electron chi connectivity index (χ2n) is 5.65. The Kier molecular flexibility index (Phi) is 6.25. The molecule has 0 bridgehead atoms. The van der Waals surface area contributed by atoms with Crippen molar-refractivity contribution < 1.29 is 18.4 Å². The van der Waals surface area contributed by atoms with Gasteiger partial charge in [0.25, 0.3) is 5.91 Å². The van der Waals surface area contributed by atoms with Gasteiger partial charge in [0.05, 0.1) is 0 Å². The summed E-state index contributed by atoms with van der Waals surface area (Å²) < 4.78 is 26.5. The predicted molar refractivity (Wildman–Crippen MR) is 101 cm³/mol. The van der Waals surface area contributed by atoms with E-state index in [0.717, 1.165) is 10.9 Å². The number of carbonyl (C=O) groups is 2. The molecule has 0 aliphatic heterocycles. The fraction of sp³-hybridized carbons (Fsp3) is 0.167. The van der Waals surface area contributed by atoms with Gasteiger partial charge in [-0.15, -0.1) is 11.3 Å². The number of carbonyl (C=O) groups excluding carboxylic acids is 2. The van der Waals surface area contributed by atoms with Crippen molar-refractivity contribution in [3.8, 4) is 0 Å². The normalized spacial score (nSPS) is 10.6. The molecule has 1 aromatic carbocycles. The molecule has 0 atom stereocenters. The average Bonchev–Trinajstić information content (AvgIpc) is 3.26. The van der Waals surface area contributed by atoms with E-state index in [1.54, 1.807) is 23.0 Å². The number of anilines is 1. The standard InChI is InChI=1S/C18H15F2N3O2S2/c19-13-5-11(6-14(20)8-13)7-15-9-22-18(27-15)23-16(24)1-3-21-17(25)12-2-4-26-10-12/h2,4-6,8-10H,1,3,7H2,(H,21,25)(H,22,23,24). The van der Waals surface area contributed by atoms with Crippen LogP contribution < -0.4 is 10.6 Å². The number of nitrogens with zero attached hydrogens (tertiary/aromatic N) is 1. The van der Waals surface area contributed by atoms with Crippen LogP contribution in [0.15, 0.2) is 41.2 Å². The van der Waals surface area contributed by atoms with E-state index in [-0.39, 0.29) is 24.8 Å². The van der Waals surface area contributed by atoms with Crippen molar-refractivity contribution in [2.24, 2.45) is 0 Å². The Morgan fingerprint density at radius 1 is 1.15 bits per heavy atom. The fourth-order valence-electron chi connectivity index (χ4n) is 2.33. The van der Waals surface area contributed by atoms with E-state index >= 15 is 0 Å². The number of thiazole rings is 1. The van der Waals surface area contributed by atoms with Crippen LogP contribution in [0.25, 0.3) is 0 Å². The molecule has 5 nitrogen and oxygen atoms in total. The Labute approximate surface area is 162 Å². The lowest BCUT2D eigenvalue weighted by atomic mass is 10.1. The molecule has 2 N–H and O–H groups in total. The Morgan fingerprint density at radius 3 is 2.63 bits per heavy atom. The van der Waals surface area contributed by atoms with Crippen molar-refractivity contribution in [2.45, 2.75) is 12.8 Å². The number of nitrogens with one attached hydrogen (secondary N) is 2. The molecule has 2 heterocycles. The van der Waals surface area contributed by atoms with Crippen LogP contribution in [0.4, 0.5) is 13.9 Å². The first-order chi connectivity index (χ1) is 13.0. The predicted octanol–water partition coefficient (Wildman–Crippen LogP) is 3.83. The zero-order valence-electron chi connectivity index (χ0n) is 14.0. The number of aromatic nitrogens is 1. The summed E-state index contributed by atoms with van der Waals surface area (Å²) in [6.07, 6.45) is 1.99. The van der Waals surface area contributed by atoms with E-state index in [2.05, 4.69) is 15.6 Å². The zero-order chi connectivity index (χ0) is 19.2. The largest absolute Gasteiger partial charge is 0.351 e. The molecule has 9 heteroatoms. The number of hydrogen-bond donors (Lipinski definition) is 2. The van der Waals surface area contributed by atoms with Crippen LogP contribution in [0.2, 0.25) is 0 Å². The minimum atomic E-state index is -0.632. The molecule has 0 radical (unpaired) electrons. The van der Waals surface area contributed by atoms with Crippen LogP contribution in [0.5, 0.6) is 0 Å². The number of rotatable bonds is 7. The summed E-state index contributed by atoms with van der Waals surface area (Å²) in [6, 6.07) is 5.05. The van der Waals surface area contributed by atoms with Gasteiger partial charge in [0, 0.05) is 47.5 Å². The maximum atomic E-state index is 13.2. The molecule has 2 amide bonds. The molecule has 0 fully saturated rings. The number of amides is 2. The third-order valence-corrected chi connectivity index (χ3v) is 5.12. The van der Waals surface area contributed by atoms with Gasteiger partial charge in [-0.25, -0.2) is 13.8 Å². The molecule has 3 aromatic rings. The second kappa shape index (κ2) is 8.83. The Balaban J connectivity index is 1.47. The van der Waals surface area contributed by atoms with E-state index in [9.17, 15) is 18.4 Å². The maximum Gasteiger partial charge on any atom is 0.252 e. The molecule has 140 valence electrons. The highest BCUT2D eigenvalue weighted by Gasteiger charge is 2.10. The van der Waals surface area contributed by atoms with E-state index in [0.29, 0.717) is 22.7 Å². The smallest absolute Gasteiger partial charge is 0.252 e.